The molecule has 1 aliphatic carbocycles. The number of hydrogen-bond donors (Lipinski definition) is 2. The van der Waals surface area contributed by atoms with Gasteiger partial charge in [0.25, 0.3) is 0 Å². The van der Waals surface area contributed by atoms with Gasteiger partial charge in [-0.25, -0.2) is 0 Å². The number of hydrogen-bond acceptors (Lipinski definition) is 2. The summed E-state index contributed by atoms with van der Waals surface area (Å²) in [5.41, 5.74) is 2.36. The molecule has 68 valence electrons. The summed E-state index contributed by atoms with van der Waals surface area (Å²) in [5.74, 6) is 0.899. The van der Waals surface area contributed by atoms with Gasteiger partial charge in [-0.05, 0) is 43.4 Å². The van der Waals surface area contributed by atoms with Crippen LogP contribution in [0.3, 0.4) is 0 Å². The molecule has 0 aliphatic heterocycles. The van der Waals surface area contributed by atoms with E-state index in [4.69, 9.17) is 5.41 Å². The Balaban J connectivity index is 2.41. The molecule has 2 nitrogen and oxygen atoms in total. The lowest BCUT2D eigenvalue weighted by Gasteiger charge is -2.05. The molecular formula is C11H13NO. The number of phenols is 1. The Morgan fingerprint density at radius 2 is 2.15 bits per heavy atom. The second kappa shape index (κ2) is 2.87. The maximum Gasteiger partial charge on any atom is 0.124 e. The Kier molecular flexibility index (Phi) is 1.83. The van der Waals surface area contributed by atoms with Crippen LogP contribution in [0.15, 0.2) is 18.2 Å². The molecule has 0 radical (unpaired) electrons. The van der Waals surface area contributed by atoms with Gasteiger partial charge in [-0.3, -0.25) is 0 Å². The van der Waals surface area contributed by atoms with Crippen LogP contribution in [0.25, 0.3) is 0 Å². The van der Waals surface area contributed by atoms with Crippen LogP contribution in [0, 0.1) is 5.41 Å². The fourth-order valence-corrected chi connectivity index (χ4v) is 1.52. The maximum atomic E-state index is 9.47. The second-order valence-electron chi connectivity index (χ2n) is 3.68. The van der Waals surface area contributed by atoms with Crippen LogP contribution < -0.4 is 0 Å². The predicted molar refractivity (Wildman–Crippen MR) is 52.6 cm³/mol. The van der Waals surface area contributed by atoms with E-state index in [9.17, 15) is 5.11 Å². The first-order chi connectivity index (χ1) is 6.18. The Bertz CT molecular complexity index is 353. The molecule has 0 heterocycles. The van der Waals surface area contributed by atoms with Crippen LogP contribution in [0.2, 0.25) is 0 Å². The zero-order chi connectivity index (χ0) is 9.42. The van der Waals surface area contributed by atoms with Crippen LogP contribution in [-0.4, -0.2) is 10.8 Å². The van der Waals surface area contributed by atoms with Crippen LogP contribution in [0.4, 0.5) is 0 Å². The van der Waals surface area contributed by atoms with E-state index in [-0.39, 0.29) is 5.75 Å². The molecule has 1 aromatic carbocycles. The molecule has 0 saturated heterocycles. The lowest BCUT2D eigenvalue weighted by Crippen LogP contribution is -1.94. The van der Waals surface area contributed by atoms with E-state index in [2.05, 4.69) is 0 Å². The van der Waals surface area contributed by atoms with Gasteiger partial charge in [-0.1, -0.05) is 6.07 Å². The van der Waals surface area contributed by atoms with Crippen molar-refractivity contribution < 1.29 is 5.11 Å². The third kappa shape index (κ3) is 1.57. The molecule has 0 bridgehead atoms. The van der Waals surface area contributed by atoms with E-state index >= 15 is 0 Å². The van der Waals surface area contributed by atoms with Crippen molar-refractivity contribution >= 4 is 5.71 Å². The molecule has 0 amide bonds. The van der Waals surface area contributed by atoms with Gasteiger partial charge in [0.15, 0.2) is 0 Å². The standard InChI is InChI=1S/C11H13NO/c1-7(12)10-6-9(8-2-3-8)4-5-11(10)13/h4-6,8,12-13H,2-3H2,1H3. The SMILES string of the molecule is CC(=N)c1cc(C2CC2)ccc1O. The Hall–Kier alpha value is -1.31. The molecule has 2 heteroatoms. The summed E-state index contributed by atoms with van der Waals surface area (Å²) < 4.78 is 0. The average Bonchev–Trinajstić information content (AvgIpc) is 2.87. The molecule has 1 aromatic rings. The molecule has 0 unspecified atom stereocenters. The number of phenolic OH excluding ortho intramolecular Hbond substituents is 1. The summed E-state index contributed by atoms with van der Waals surface area (Å²) in [7, 11) is 0. The van der Waals surface area contributed by atoms with E-state index in [0.717, 1.165) is 0 Å². The highest BCUT2D eigenvalue weighted by molar-refractivity contribution is 5.98. The number of benzene rings is 1. The fourth-order valence-electron chi connectivity index (χ4n) is 1.52. The summed E-state index contributed by atoms with van der Waals surface area (Å²) >= 11 is 0. The molecule has 0 aromatic heterocycles. The highest BCUT2D eigenvalue weighted by atomic mass is 16.3. The highest BCUT2D eigenvalue weighted by Crippen LogP contribution is 2.41. The summed E-state index contributed by atoms with van der Waals surface area (Å²) in [5, 5.41) is 16.9. The van der Waals surface area contributed by atoms with Crippen molar-refractivity contribution in [2.24, 2.45) is 0 Å². The monoisotopic (exact) mass is 175 g/mol. The third-order valence-electron chi connectivity index (χ3n) is 2.47. The summed E-state index contributed by atoms with van der Waals surface area (Å²) in [6.07, 6.45) is 2.50. The lowest BCUT2D eigenvalue weighted by atomic mass is 10.0. The highest BCUT2D eigenvalue weighted by Gasteiger charge is 2.24. The van der Waals surface area contributed by atoms with Crippen LogP contribution in [0.5, 0.6) is 5.75 Å². The number of nitrogens with one attached hydrogen (secondary N) is 1. The quantitative estimate of drug-likeness (QED) is 0.667. The van der Waals surface area contributed by atoms with Gasteiger partial charge in [0.2, 0.25) is 0 Å². The molecule has 1 saturated carbocycles. The molecule has 1 fully saturated rings. The number of aromatic hydroxyl groups is 1. The largest absolute Gasteiger partial charge is 0.507 e. The van der Waals surface area contributed by atoms with E-state index < -0.39 is 0 Å². The Morgan fingerprint density at radius 3 is 2.69 bits per heavy atom. The van der Waals surface area contributed by atoms with Crippen molar-refractivity contribution in [1.82, 2.24) is 0 Å². The smallest absolute Gasteiger partial charge is 0.124 e. The van der Waals surface area contributed by atoms with Gasteiger partial charge >= 0.3 is 0 Å². The lowest BCUT2D eigenvalue weighted by molar-refractivity contribution is 0.474. The molecule has 13 heavy (non-hydrogen) atoms. The van der Waals surface area contributed by atoms with Crippen LogP contribution >= 0.6 is 0 Å². The number of rotatable bonds is 2. The minimum atomic E-state index is 0.219. The van der Waals surface area contributed by atoms with E-state index in [1.54, 1.807) is 13.0 Å². The van der Waals surface area contributed by atoms with Gasteiger partial charge in [0, 0.05) is 11.3 Å². The van der Waals surface area contributed by atoms with Crippen molar-refractivity contribution in [3.8, 4) is 5.75 Å². The minimum absolute atomic E-state index is 0.219. The Morgan fingerprint density at radius 1 is 1.46 bits per heavy atom. The van der Waals surface area contributed by atoms with Gasteiger partial charge in [0.1, 0.15) is 5.75 Å². The van der Waals surface area contributed by atoms with E-state index in [1.807, 2.05) is 12.1 Å². The second-order valence-corrected chi connectivity index (χ2v) is 3.68. The first kappa shape index (κ1) is 8.30. The van der Waals surface area contributed by atoms with Crippen molar-refractivity contribution in [3.05, 3.63) is 29.3 Å². The van der Waals surface area contributed by atoms with Gasteiger partial charge in [0.05, 0.1) is 0 Å². The predicted octanol–water partition coefficient (Wildman–Crippen LogP) is 2.66. The summed E-state index contributed by atoms with van der Waals surface area (Å²) in [4.78, 5) is 0. The van der Waals surface area contributed by atoms with Crippen molar-refractivity contribution in [1.29, 1.82) is 5.41 Å². The minimum Gasteiger partial charge on any atom is -0.507 e. The Labute approximate surface area is 77.7 Å². The van der Waals surface area contributed by atoms with Crippen molar-refractivity contribution in [2.75, 3.05) is 0 Å². The van der Waals surface area contributed by atoms with Gasteiger partial charge < -0.3 is 10.5 Å². The van der Waals surface area contributed by atoms with Gasteiger partial charge in [-0.2, -0.15) is 0 Å². The van der Waals surface area contributed by atoms with Crippen LogP contribution in [0.1, 0.15) is 36.8 Å². The third-order valence-corrected chi connectivity index (χ3v) is 2.47. The zero-order valence-electron chi connectivity index (χ0n) is 7.67. The molecular weight excluding hydrogens is 162 g/mol. The first-order valence-electron chi connectivity index (χ1n) is 4.57. The average molecular weight is 175 g/mol. The zero-order valence-corrected chi connectivity index (χ0v) is 7.67. The molecule has 0 atom stereocenters. The van der Waals surface area contributed by atoms with E-state index in [0.29, 0.717) is 17.2 Å². The van der Waals surface area contributed by atoms with E-state index in [1.165, 1.54) is 18.4 Å². The molecule has 1 aliphatic rings. The van der Waals surface area contributed by atoms with Crippen molar-refractivity contribution in [2.45, 2.75) is 25.7 Å². The first-order valence-corrected chi connectivity index (χ1v) is 4.57. The van der Waals surface area contributed by atoms with Crippen LogP contribution in [-0.2, 0) is 0 Å². The molecule has 0 spiro atoms. The normalized spacial score (nSPS) is 15.8. The molecule has 2 N–H and O–H groups in total. The topological polar surface area (TPSA) is 44.1 Å². The molecule has 2 rings (SSSR count). The summed E-state index contributed by atoms with van der Waals surface area (Å²) in [6, 6.07) is 5.59. The van der Waals surface area contributed by atoms with Gasteiger partial charge in [-0.15, -0.1) is 0 Å². The summed E-state index contributed by atoms with van der Waals surface area (Å²) in [6.45, 7) is 1.70. The fraction of sp³-hybridized carbons (Fsp3) is 0.364. The van der Waals surface area contributed by atoms with Crippen molar-refractivity contribution in [3.63, 3.8) is 0 Å². The maximum absolute atomic E-state index is 9.47.